The lowest BCUT2D eigenvalue weighted by atomic mass is 10.1. The van der Waals surface area contributed by atoms with Crippen LogP contribution in [-0.4, -0.2) is 58.8 Å². The zero-order chi connectivity index (χ0) is 14.2. The van der Waals surface area contributed by atoms with E-state index in [4.69, 9.17) is 14.2 Å². The van der Waals surface area contributed by atoms with Gasteiger partial charge in [-0.15, -0.1) is 5.10 Å². The molecule has 4 rings (SSSR count). The number of nitrogens with zero attached hydrogens (tertiary/aromatic N) is 4. The summed E-state index contributed by atoms with van der Waals surface area (Å²) >= 11 is 0. The van der Waals surface area contributed by atoms with Crippen molar-refractivity contribution >= 4 is 0 Å². The van der Waals surface area contributed by atoms with Crippen molar-refractivity contribution in [2.24, 2.45) is 0 Å². The Morgan fingerprint density at radius 3 is 2.76 bits per heavy atom. The molecule has 1 aromatic carbocycles. The standard InChI is InChI=1S/C14H16N4O3/c1-19-11-8-21-12-10(7-20-13(11)12)18-14(15-16-17-18)9-5-3-2-4-6-9/h2-6,10-13H,7-8H2,1H3/t10-,11-,12-,13+/m0/s1. The lowest BCUT2D eigenvalue weighted by Gasteiger charge is -2.17. The molecule has 0 N–H and O–H groups in total. The quantitative estimate of drug-likeness (QED) is 0.827. The van der Waals surface area contributed by atoms with E-state index in [-0.39, 0.29) is 24.4 Å². The highest BCUT2D eigenvalue weighted by atomic mass is 16.6. The largest absolute Gasteiger partial charge is 0.376 e. The minimum Gasteiger partial charge on any atom is -0.376 e. The van der Waals surface area contributed by atoms with Crippen molar-refractivity contribution in [3.63, 3.8) is 0 Å². The molecule has 2 saturated heterocycles. The third-order valence-corrected chi connectivity index (χ3v) is 4.12. The average Bonchev–Trinajstić information content (AvgIpc) is 3.23. The molecular weight excluding hydrogens is 272 g/mol. The van der Waals surface area contributed by atoms with Gasteiger partial charge in [-0.1, -0.05) is 30.3 Å². The Kier molecular flexibility index (Phi) is 3.17. The summed E-state index contributed by atoms with van der Waals surface area (Å²) in [5, 5.41) is 12.1. The van der Waals surface area contributed by atoms with E-state index >= 15 is 0 Å². The molecule has 2 aliphatic rings. The van der Waals surface area contributed by atoms with E-state index in [0.717, 1.165) is 11.4 Å². The fourth-order valence-electron chi connectivity index (χ4n) is 3.05. The number of hydrogen-bond donors (Lipinski definition) is 0. The van der Waals surface area contributed by atoms with Crippen LogP contribution >= 0.6 is 0 Å². The van der Waals surface area contributed by atoms with E-state index in [9.17, 15) is 0 Å². The lowest BCUT2D eigenvalue weighted by molar-refractivity contribution is -0.00906. The maximum Gasteiger partial charge on any atom is 0.182 e. The second-order valence-electron chi connectivity index (χ2n) is 5.25. The van der Waals surface area contributed by atoms with Crippen LogP contribution in [0.4, 0.5) is 0 Å². The van der Waals surface area contributed by atoms with Crippen molar-refractivity contribution in [2.45, 2.75) is 24.4 Å². The predicted molar refractivity (Wildman–Crippen MR) is 72.6 cm³/mol. The zero-order valence-corrected chi connectivity index (χ0v) is 11.6. The maximum atomic E-state index is 5.84. The molecule has 2 aromatic rings. The number of fused-ring (bicyclic) bond motifs is 1. The summed E-state index contributed by atoms with van der Waals surface area (Å²) in [6.45, 7) is 1.07. The van der Waals surface area contributed by atoms with Crippen molar-refractivity contribution < 1.29 is 14.2 Å². The van der Waals surface area contributed by atoms with Gasteiger partial charge in [-0.25, -0.2) is 4.68 Å². The monoisotopic (exact) mass is 288 g/mol. The first-order valence-electron chi connectivity index (χ1n) is 6.98. The van der Waals surface area contributed by atoms with Crippen LogP contribution in [0.3, 0.4) is 0 Å². The van der Waals surface area contributed by atoms with Crippen LogP contribution in [0.1, 0.15) is 6.04 Å². The molecule has 0 radical (unpaired) electrons. The molecule has 110 valence electrons. The molecule has 7 nitrogen and oxygen atoms in total. The molecule has 3 heterocycles. The van der Waals surface area contributed by atoms with Gasteiger partial charge in [0.25, 0.3) is 0 Å². The molecule has 0 saturated carbocycles. The molecule has 2 fully saturated rings. The molecule has 7 heteroatoms. The van der Waals surface area contributed by atoms with Crippen molar-refractivity contribution in [1.82, 2.24) is 20.2 Å². The molecule has 4 atom stereocenters. The van der Waals surface area contributed by atoms with Crippen molar-refractivity contribution in [2.75, 3.05) is 20.3 Å². The van der Waals surface area contributed by atoms with Crippen LogP contribution < -0.4 is 0 Å². The third kappa shape index (κ3) is 2.05. The minimum absolute atomic E-state index is 0.0170. The number of benzene rings is 1. The summed E-state index contributed by atoms with van der Waals surface area (Å²) in [4.78, 5) is 0. The van der Waals surface area contributed by atoms with Gasteiger partial charge in [-0.3, -0.25) is 0 Å². The highest BCUT2D eigenvalue weighted by Gasteiger charge is 2.49. The first kappa shape index (κ1) is 12.9. The number of tetrazole rings is 1. The Labute approximate surface area is 121 Å². The fraction of sp³-hybridized carbons (Fsp3) is 0.500. The molecule has 0 aliphatic carbocycles. The SMILES string of the molecule is CO[C@H]1CO[C@@H]2[C@@H]1OC[C@@H]2n1nnnc1-c1ccccc1. The highest BCUT2D eigenvalue weighted by Crippen LogP contribution is 2.36. The Morgan fingerprint density at radius 1 is 1.14 bits per heavy atom. The first-order valence-corrected chi connectivity index (χ1v) is 6.98. The molecule has 0 amide bonds. The smallest absolute Gasteiger partial charge is 0.182 e. The first-order chi connectivity index (χ1) is 10.4. The molecule has 0 spiro atoms. The summed E-state index contributed by atoms with van der Waals surface area (Å²) in [5.41, 5.74) is 0.979. The number of ether oxygens (including phenoxy) is 3. The average molecular weight is 288 g/mol. The summed E-state index contributed by atoms with van der Waals surface area (Å²) in [7, 11) is 1.68. The van der Waals surface area contributed by atoms with Crippen LogP contribution in [-0.2, 0) is 14.2 Å². The Balaban J connectivity index is 1.66. The predicted octanol–water partition coefficient (Wildman–Crippen LogP) is 0.694. The molecule has 21 heavy (non-hydrogen) atoms. The summed E-state index contributed by atoms with van der Waals surface area (Å²) in [6.07, 6.45) is -0.134. The van der Waals surface area contributed by atoms with Gasteiger partial charge >= 0.3 is 0 Å². The third-order valence-electron chi connectivity index (χ3n) is 4.12. The molecule has 0 bridgehead atoms. The normalized spacial score (nSPS) is 31.5. The van der Waals surface area contributed by atoms with Gasteiger partial charge in [-0.05, 0) is 10.4 Å². The van der Waals surface area contributed by atoms with Crippen LogP contribution in [0.5, 0.6) is 0 Å². The number of rotatable bonds is 3. The Bertz CT molecular complexity index is 618. The van der Waals surface area contributed by atoms with Crippen molar-refractivity contribution in [1.29, 1.82) is 0 Å². The van der Waals surface area contributed by atoms with E-state index in [1.807, 2.05) is 30.3 Å². The van der Waals surface area contributed by atoms with Crippen LogP contribution in [0.15, 0.2) is 30.3 Å². The fourth-order valence-corrected chi connectivity index (χ4v) is 3.05. The van der Waals surface area contributed by atoms with Crippen LogP contribution in [0, 0.1) is 0 Å². The highest BCUT2D eigenvalue weighted by molar-refractivity contribution is 5.54. The van der Waals surface area contributed by atoms with E-state index in [1.54, 1.807) is 11.8 Å². The van der Waals surface area contributed by atoms with E-state index in [2.05, 4.69) is 15.5 Å². The Hall–Kier alpha value is -1.83. The molecule has 0 unspecified atom stereocenters. The van der Waals surface area contributed by atoms with Crippen LogP contribution in [0.2, 0.25) is 0 Å². The van der Waals surface area contributed by atoms with Gasteiger partial charge in [0, 0.05) is 12.7 Å². The second-order valence-corrected chi connectivity index (χ2v) is 5.25. The van der Waals surface area contributed by atoms with Gasteiger partial charge in [0.15, 0.2) is 5.82 Å². The summed E-state index contributed by atoms with van der Waals surface area (Å²) < 4.78 is 18.9. The van der Waals surface area contributed by atoms with Crippen molar-refractivity contribution in [3.05, 3.63) is 30.3 Å². The molecule has 2 aliphatic heterocycles. The molecule has 1 aromatic heterocycles. The van der Waals surface area contributed by atoms with Gasteiger partial charge in [-0.2, -0.15) is 0 Å². The number of aromatic nitrogens is 4. The topological polar surface area (TPSA) is 71.3 Å². The number of methoxy groups -OCH3 is 1. The maximum absolute atomic E-state index is 5.84. The second kappa shape index (κ2) is 5.18. The van der Waals surface area contributed by atoms with Gasteiger partial charge < -0.3 is 14.2 Å². The van der Waals surface area contributed by atoms with E-state index in [1.165, 1.54) is 0 Å². The molecular formula is C14H16N4O3. The van der Waals surface area contributed by atoms with E-state index in [0.29, 0.717) is 13.2 Å². The van der Waals surface area contributed by atoms with Crippen LogP contribution in [0.25, 0.3) is 11.4 Å². The van der Waals surface area contributed by atoms with E-state index < -0.39 is 0 Å². The Morgan fingerprint density at radius 2 is 1.95 bits per heavy atom. The van der Waals surface area contributed by atoms with Gasteiger partial charge in [0.2, 0.25) is 0 Å². The van der Waals surface area contributed by atoms with Gasteiger partial charge in [0.1, 0.15) is 24.4 Å². The zero-order valence-electron chi connectivity index (χ0n) is 11.6. The van der Waals surface area contributed by atoms with Crippen molar-refractivity contribution in [3.8, 4) is 11.4 Å². The summed E-state index contributed by atoms with van der Waals surface area (Å²) in [5.74, 6) is 0.731. The minimum atomic E-state index is -0.0686. The lowest BCUT2D eigenvalue weighted by Crippen LogP contribution is -2.31. The summed E-state index contributed by atoms with van der Waals surface area (Å²) in [6, 6.07) is 9.85. The number of hydrogen-bond acceptors (Lipinski definition) is 6. The van der Waals surface area contributed by atoms with Gasteiger partial charge in [0.05, 0.1) is 13.2 Å².